The van der Waals surface area contributed by atoms with E-state index in [1.807, 2.05) is 13.8 Å². The van der Waals surface area contributed by atoms with Gasteiger partial charge >= 0.3 is 5.69 Å². The van der Waals surface area contributed by atoms with Gasteiger partial charge in [0.25, 0.3) is 5.56 Å². The number of aromatic nitrogens is 2. The summed E-state index contributed by atoms with van der Waals surface area (Å²) in [7, 11) is 0. The molecule has 0 spiro atoms. The highest BCUT2D eigenvalue weighted by molar-refractivity contribution is 7.17. The lowest BCUT2D eigenvalue weighted by molar-refractivity contribution is -0.122. The van der Waals surface area contributed by atoms with E-state index < -0.39 is 11.2 Å². The van der Waals surface area contributed by atoms with Crippen LogP contribution in [0, 0.1) is 0 Å². The Morgan fingerprint density at radius 1 is 1.31 bits per heavy atom. The Hall–Kier alpha value is -2.38. The van der Waals surface area contributed by atoms with Crippen LogP contribution in [0.5, 0.6) is 0 Å². The lowest BCUT2D eigenvalue weighted by Crippen LogP contribution is -2.42. The number of nitrogens with zero attached hydrogens (tertiary/aromatic N) is 2. The number of carbonyl (C=O) groups excluding carboxylic acids is 1. The summed E-state index contributed by atoms with van der Waals surface area (Å²) in [4.78, 5) is 38.1. The van der Waals surface area contributed by atoms with Gasteiger partial charge in [0.2, 0.25) is 5.91 Å². The summed E-state index contributed by atoms with van der Waals surface area (Å²) in [5.41, 5.74) is -0.148. The molecule has 0 radical (unpaired) electrons. The Morgan fingerprint density at radius 3 is 2.77 bits per heavy atom. The quantitative estimate of drug-likeness (QED) is 0.726. The van der Waals surface area contributed by atoms with Crippen molar-refractivity contribution in [2.75, 3.05) is 0 Å². The average molecular weight is 392 g/mol. The van der Waals surface area contributed by atoms with Crippen LogP contribution >= 0.6 is 22.9 Å². The number of carbonyl (C=O) groups is 1. The van der Waals surface area contributed by atoms with Gasteiger partial charge in [0.15, 0.2) is 0 Å². The van der Waals surface area contributed by atoms with E-state index in [9.17, 15) is 14.4 Å². The SMILES string of the molecule is CC[C@H](C)NC(=O)Cn1c(=O)n(-c2cccc(Cl)c2)c(=O)c2sccc21. The second kappa shape index (κ2) is 7.47. The van der Waals surface area contributed by atoms with Crippen LogP contribution in [0.3, 0.4) is 0 Å². The van der Waals surface area contributed by atoms with Gasteiger partial charge in [-0.15, -0.1) is 11.3 Å². The second-order valence-corrected chi connectivity index (χ2v) is 7.35. The monoisotopic (exact) mass is 391 g/mol. The molecule has 0 saturated carbocycles. The fraction of sp³-hybridized carbons (Fsp3) is 0.278. The molecule has 1 N–H and O–H groups in total. The van der Waals surface area contributed by atoms with Crippen LogP contribution in [0.25, 0.3) is 15.9 Å². The van der Waals surface area contributed by atoms with Crippen LogP contribution in [0.15, 0.2) is 45.3 Å². The average Bonchev–Trinajstić information content (AvgIpc) is 3.08. The van der Waals surface area contributed by atoms with Crippen molar-refractivity contribution in [2.24, 2.45) is 0 Å². The molecule has 0 saturated heterocycles. The molecular weight excluding hydrogens is 374 g/mol. The number of amides is 1. The predicted octanol–water partition coefficient (Wildman–Crippen LogP) is 2.78. The summed E-state index contributed by atoms with van der Waals surface area (Å²) in [5.74, 6) is -0.273. The number of thiophene rings is 1. The van der Waals surface area contributed by atoms with E-state index in [4.69, 9.17) is 11.6 Å². The molecule has 26 heavy (non-hydrogen) atoms. The maximum absolute atomic E-state index is 13.0. The Kier molecular flexibility index (Phi) is 5.29. The van der Waals surface area contributed by atoms with Gasteiger partial charge < -0.3 is 5.32 Å². The van der Waals surface area contributed by atoms with Crippen LogP contribution in [-0.2, 0) is 11.3 Å². The first-order valence-electron chi connectivity index (χ1n) is 8.20. The first kappa shape index (κ1) is 18.4. The highest BCUT2D eigenvalue weighted by Gasteiger charge is 2.18. The van der Waals surface area contributed by atoms with Gasteiger partial charge in [0.05, 0.1) is 11.2 Å². The molecule has 3 aromatic rings. The molecule has 1 atom stereocenters. The summed E-state index contributed by atoms with van der Waals surface area (Å²) >= 11 is 7.25. The third-order valence-corrected chi connectivity index (χ3v) is 5.27. The van der Waals surface area contributed by atoms with Gasteiger partial charge in [-0.05, 0) is 43.0 Å². The zero-order valence-electron chi connectivity index (χ0n) is 14.4. The van der Waals surface area contributed by atoms with Crippen molar-refractivity contribution in [3.8, 4) is 5.69 Å². The number of fused-ring (bicyclic) bond motifs is 1. The zero-order valence-corrected chi connectivity index (χ0v) is 15.9. The molecule has 1 aromatic carbocycles. The van der Waals surface area contributed by atoms with Gasteiger partial charge in [-0.1, -0.05) is 24.6 Å². The van der Waals surface area contributed by atoms with Crippen molar-refractivity contribution in [3.63, 3.8) is 0 Å². The van der Waals surface area contributed by atoms with Crippen molar-refractivity contribution in [2.45, 2.75) is 32.9 Å². The van der Waals surface area contributed by atoms with Gasteiger partial charge in [-0.3, -0.25) is 14.2 Å². The summed E-state index contributed by atoms with van der Waals surface area (Å²) in [5, 5.41) is 4.99. The smallest absolute Gasteiger partial charge is 0.336 e. The maximum atomic E-state index is 13.0. The van der Waals surface area contributed by atoms with E-state index >= 15 is 0 Å². The molecule has 0 unspecified atom stereocenters. The lowest BCUT2D eigenvalue weighted by Gasteiger charge is -2.15. The standard InChI is InChI=1S/C18H18ClN3O3S/c1-3-11(2)20-15(23)10-21-14-7-8-26-16(14)17(24)22(18(21)25)13-6-4-5-12(19)9-13/h4-9,11H,3,10H2,1-2H3,(H,20,23)/t11-/m0/s1. The summed E-state index contributed by atoms with van der Waals surface area (Å²) < 4.78 is 2.80. The third kappa shape index (κ3) is 3.45. The zero-order chi connectivity index (χ0) is 18.8. The molecule has 136 valence electrons. The highest BCUT2D eigenvalue weighted by Crippen LogP contribution is 2.17. The molecule has 2 aromatic heterocycles. The van der Waals surface area contributed by atoms with Crippen molar-refractivity contribution in [1.29, 1.82) is 0 Å². The Bertz CT molecular complexity index is 1080. The predicted molar refractivity (Wildman–Crippen MR) is 105 cm³/mol. The number of halogens is 1. The Labute approximate surface area is 158 Å². The first-order valence-corrected chi connectivity index (χ1v) is 9.46. The van der Waals surface area contributed by atoms with Crippen LogP contribution < -0.4 is 16.6 Å². The molecule has 1 amide bonds. The first-order chi connectivity index (χ1) is 12.4. The van der Waals surface area contributed by atoms with Gasteiger partial charge in [0.1, 0.15) is 11.2 Å². The number of rotatable bonds is 5. The van der Waals surface area contributed by atoms with Crippen LogP contribution in [0.1, 0.15) is 20.3 Å². The van der Waals surface area contributed by atoms with Crippen LogP contribution in [0.2, 0.25) is 5.02 Å². The van der Waals surface area contributed by atoms with E-state index in [0.29, 0.717) is 20.9 Å². The molecule has 0 aliphatic heterocycles. The summed E-state index contributed by atoms with van der Waals surface area (Å²) in [6.45, 7) is 3.71. The Balaban J connectivity index is 2.18. The van der Waals surface area contributed by atoms with Gasteiger partial charge in [-0.25, -0.2) is 9.36 Å². The van der Waals surface area contributed by atoms with E-state index in [1.165, 1.54) is 15.9 Å². The third-order valence-electron chi connectivity index (χ3n) is 4.14. The molecule has 2 heterocycles. The summed E-state index contributed by atoms with van der Waals surface area (Å²) in [6.07, 6.45) is 0.788. The minimum absolute atomic E-state index is 0.00926. The fourth-order valence-electron chi connectivity index (χ4n) is 2.65. The van der Waals surface area contributed by atoms with Crippen molar-refractivity contribution >= 4 is 39.1 Å². The van der Waals surface area contributed by atoms with E-state index in [-0.39, 0.29) is 18.5 Å². The van der Waals surface area contributed by atoms with E-state index in [1.54, 1.807) is 35.7 Å². The molecule has 0 aliphatic rings. The van der Waals surface area contributed by atoms with Gasteiger partial charge in [0, 0.05) is 11.1 Å². The largest absolute Gasteiger partial charge is 0.352 e. The van der Waals surface area contributed by atoms with Crippen LogP contribution in [-0.4, -0.2) is 21.1 Å². The normalized spacial score (nSPS) is 12.3. The number of hydrogen-bond donors (Lipinski definition) is 1. The maximum Gasteiger partial charge on any atom is 0.336 e. The fourth-order valence-corrected chi connectivity index (χ4v) is 3.66. The highest BCUT2D eigenvalue weighted by atomic mass is 35.5. The Morgan fingerprint density at radius 2 is 2.08 bits per heavy atom. The molecule has 8 heteroatoms. The number of nitrogens with one attached hydrogen (secondary N) is 1. The molecule has 0 bridgehead atoms. The van der Waals surface area contributed by atoms with Gasteiger partial charge in [-0.2, -0.15) is 0 Å². The van der Waals surface area contributed by atoms with Crippen molar-refractivity contribution in [1.82, 2.24) is 14.5 Å². The van der Waals surface area contributed by atoms with Crippen molar-refractivity contribution < 1.29 is 4.79 Å². The summed E-state index contributed by atoms with van der Waals surface area (Å²) in [6, 6.07) is 8.21. The van der Waals surface area contributed by atoms with Crippen LogP contribution in [0.4, 0.5) is 0 Å². The topological polar surface area (TPSA) is 73.1 Å². The lowest BCUT2D eigenvalue weighted by atomic mass is 10.2. The molecule has 6 nitrogen and oxygen atoms in total. The number of benzene rings is 1. The molecule has 0 fully saturated rings. The second-order valence-electron chi connectivity index (χ2n) is 6.00. The molecule has 3 rings (SSSR count). The number of hydrogen-bond acceptors (Lipinski definition) is 4. The minimum atomic E-state index is -0.567. The van der Waals surface area contributed by atoms with Crippen molar-refractivity contribution in [3.05, 3.63) is 61.6 Å². The molecular formula is C18H18ClN3O3S. The minimum Gasteiger partial charge on any atom is -0.352 e. The molecule has 0 aliphatic carbocycles. The van der Waals surface area contributed by atoms with E-state index in [2.05, 4.69) is 5.32 Å². The van der Waals surface area contributed by atoms with E-state index in [0.717, 1.165) is 11.0 Å².